The van der Waals surface area contributed by atoms with E-state index >= 15 is 0 Å². The van der Waals surface area contributed by atoms with E-state index in [4.69, 9.17) is 0 Å². The highest BCUT2D eigenvalue weighted by molar-refractivity contribution is 6.12. The van der Waals surface area contributed by atoms with E-state index in [1.54, 1.807) is 0 Å². The topological polar surface area (TPSA) is 69.6 Å². The van der Waals surface area contributed by atoms with Gasteiger partial charge in [0.25, 0.3) is 0 Å². The highest BCUT2D eigenvalue weighted by Crippen LogP contribution is 2.51. The zero-order valence-corrected chi connectivity index (χ0v) is 14.3. The molecule has 0 aliphatic carbocycles. The molecule has 0 radical (unpaired) electrons. The fourth-order valence-electron chi connectivity index (χ4n) is 3.73. The second-order valence-corrected chi connectivity index (χ2v) is 6.52. The van der Waals surface area contributed by atoms with Crippen LogP contribution in [0.15, 0.2) is 66.7 Å². The lowest BCUT2D eigenvalue weighted by atomic mass is 9.70. The summed E-state index contributed by atoms with van der Waals surface area (Å²) in [7, 11) is 0. The summed E-state index contributed by atoms with van der Waals surface area (Å²) in [4.78, 5) is 13.2. The Bertz CT molecular complexity index is 1010. The lowest BCUT2D eigenvalue weighted by Crippen LogP contribution is -2.36. The van der Waals surface area contributed by atoms with Gasteiger partial charge in [-0.3, -0.25) is 4.79 Å². The summed E-state index contributed by atoms with van der Waals surface area (Å²) in [5.74, 6) is -0.713. The molecule has 1 heterocycles. The number of phenols is 2. The first-order chi connectivity index (χ1) is 13.2. The van der Waals surface area contributed by atoms with Gasteiger partial charge in [-0.1, -0.05) is 36.4 Å². The van der Waals surface area contributed by atoms with E-state index in [-0.39, 0.29) is 22.7 Å². The maximum Gasteiger partial charge on any atom is 0.418 e. The molecule has 28 heavy (non-hydrogen) atoms. The number of fused-ring (bicyclic) bond motifs is 1. The zero-order chi connectivity index (χ0) is 20.1. The van der Waals surface area contributed by atoms with Crippen LogP contribution in [0.25, 0.3) is 0 Å². The van der Waals surface area contributed by atoms with Crippen LogP contribution >= 0.6 is 0 Å². The molecule has 0 fully saturated rings. The predicted octanol–water partition coefficient (Wildman–Crippen LogP) is 4.40. The van der Waals surface area contributed by atoms with Gasteiger partial charge in [-0.2, -0.15) is 13.2 Å². The van der Waals surface area contributed by atoms with Crippen molar-refractivity contribution in [1.29, 1.82) is 0 Å². The number of rotatable bonds is 2. The van der Waals surface area contributed by atoms with Crippen LogP contribution in [0, 0.1) is 0 Å². The van der Waals surface area contributed by atoms with Crippen LogP contribution in [0.2, 0.25) is 0 Å². The van der Waals surface area contributed by atoms with Gasteiger partial charge < -0.3 is 15.5 Å². The minimum absolute atomic E-state index is 0.0349. The number of carbonyl (C=O) groups is 1. The van der Waals surface area contributed by atoms with E-state index in [0.29, 0.717) is 11.1 Å². The van der Waals surface area contributed by atoms with Crippen molar-refractivity contribution in [3.05, 3.63) is 89.0 Å². The minimum atomic E-state index is -4.64. The van der Waals surface area contributed by atoms with Crippen LogP contribution in [-0.4, -0.2) is 16.1 Å². The second kappa shape index (κ2) is 6.02. The lowest BCUT2D eigenvalue weighted by molar-refractivity contribution is -0.136. The first-order valence-electron chi connectivity index (χ1n) is 8.36. The number of anilines is 1. The maximum absolute atomic E-state index is 13.5. The van der Waals surface area contributed by atoms with Gasteiger partial charge in [-0.15, -0.1) is 0 Å². The maximum atomic E-state index is 13.5. The van der Waals surface area contributed by atoms with Crippen LogP contribution < -0.4 is 5.32 Å². The molecule has 7 heteroatoms. The van der Waals surface area contributed by atoms with E-state index < -0.39 is 23.1 Å². The number of amides is 1. The molecule has 0 aromatic heterocycles. The summed E-state index contributed by atoms with van der Waals surface area (Å²) in [6.45, 7) is 0. The molecule has 0 saturated carbocycles. The molecule has 1 aliphatic rings. The molecular weight excluding hydrogens is 371 g/mol. The van der Waals surface area contributed by atoms with Crippen LogP contribution in [0.4, 0.5) is 18.9 Å². The summed E-state index contributed by atoms with van der Waals surface area (Å²) in [5.41, 5.74) is -1.83. The van der Waals surface area contributed by atoms with Crippen molar-refractivity contribution in [2.24, 2.45) is 0 Å². The summed E-state index contributed by atoms with van der Waals surface area (Å²) < 4.78 is 40.5. The molecule has 142 valence electrons. The lowest BCUT2D eigenvalue weighted by Gasteiger charge is -2.29. The van der Waals surface area contributed by atoms with Crippen molar-refractivity contribution in [2.75, 3.05) is 5.32 Å². The van der Waals surface area contributed by atoms with Gasteiger partial charge in [-0.05, 0) is 41.5 Å². The SMILES string of the molecule is O=C1Nc2c(C(F)(F)F)cccc2C1(c1ccc(O)cc1)c1ccc(O)cc1. The van der Waals surface area contributed by atoms with E-state index in [1.807, 2.05) is 0 Å². The fraction of sp³-hybridized carbons (Fsp3) is 0.0952. The van der Waals surface area contributed by atoms with E-state index in [1.165, 1.54) is 60.7 Å². The first-order valence-corrected chi connectivity index (χ1v) is 8.36. The number of benzene rings is 3. The van der Waals surface area contributed by atoms with Gasteiger partial charge in [0.05, 0.1) is 11.3 Å². The van der Waals surface area contributed by atoms with Crippen molar-refractivity contribution in [2.45, 2.75) is 11.6 Å². The van der Waals surface area contributed by atoms with Crippen molar-refractivity contribution >= 4 is 11.6 Å². The monoisotopic (exact) mass is 385 g/mol. The van der Waals surface area contributed by atoms with Gasteiger partial charge in [0.1, 0.15) is 16.9 Å². The summed E-state index contributed by atoms with van der Waals surface area (Å²) >= 11 is 0. The fourth-order valence-corrected chi connectivity index (χ4v) is 3.73. The molecule has 3 N–H and O–H groups in total. The molecule has 0 unspecified atom stereocenters. The zero-order valence-electron chi connectivity index (χ0n) is 14.3. The van der Waals surface area contributed by atoms with Crippen molar-refractivity contribution in [3.63, 3.8) is 0 Å². The number of alkyl halides is 3. The Morgan fingerprint density at radius 3 is 1.75 bits per heavy atom. The predicted molar refractivity (Wildman–Crippen MR) is 96.2 cm³/mol. The van der Waals surface area contributed by atoms with Gasteiger partial charge in [0.15, 0.2) is 0 Å². The largest absolute Gasteiger partial charge is 0.508 e. The number of hydrogen-bond acceptors (Lipinski definition) is 3. The Balaban J connectivity index is 2.08. The number of hydrogen-bond donors (Lipinski definition) is 3. The summed E-state index contributed by atoms with van der Waals surface area (Å²) in [6.07, 6.45) is -4.64. The van der Waals surface area contributed by atoms with Crippen molar-refractivity contribution in [1.82, 2.24) is 0 Å². The molecule has 1 amide bonds. The minimum Gasteiger partial charge on any atom is -0.508 e. The molecule has 1 aliphatic heterocycles. The van der Waals surface area contributed by atoms with Crippen LogP contribution in [-0.2, 0) is 16.4 Å². The van der Waals surface area contributed by atoms with Gasteiger partial charge in [0, 0.05) is 5.56 Å². The van der Waals surface area contributed by atoms with Crippen LogP contribution in [0.3, 0.4) is 0 Å². The second-order valence-electron chi connectivity index (χ2n) is 6.52. The number of phenolic OH excluding ortho intramolecular Hbond substituents is 2. The normalized spacial score (nSPS) is 15.2. The number of halogens is 3. The van der Waals surface area contributed by atoms with Crippen molar-refractivity contribution in [3.8, 4) is 11.5 Å². The molecule has 3 aromatic rings. The average Bonchev–Trinajstić information content (AvgIpc) is 2.95. The van der Waals surface area contributed by atoms with Gasteiger partial charge in [0.2, 0.25) is 5.91 Å². The number of para-hydroxylation sites is 1. The highest BCUT2D eigenvalue weighted by Gasteiger charge is 2.52. The molecular formula is C21H14F3NO3. The standard InChI is InChI=1S/C21H14F3NO3/c22-21(23,24)17-3-1-2-16-18(17)25-19(28)20(16,12-4-8-14(26)9-5-12)13-6-10-15(27)11-7-13/h1-11,26-27H,(H,25,28). The molecule has 0 spiro atoms. The Morgan fingerprint density at radius 1 is 0.786 bits per heavy atom. The van der Waals surface area contributed by atoms with Crippen molar-refractivity contribution < 1.29 is 28.2 Å². The van der Waals surface area contributed by atoms with Gasteiger partial charge in [-0.25, -0.2) is 0 Å². The molecule has 0 bridgehead atoms. The van der Waals surface area contributed by atoms with E-state index in [2.05, 4.69) is 5.32 Å². The highest BCUT2D eigenvalue weighted by atomic mass is 19.4. The average molecular weight is 385 g/mol. The third-order valence-corrected chi connectivity index (χ3v) is 4.95. The Hall–Kier alpha value is -3.48. The molecule has 0 saturated heterocycles. The van der Waals surface area contributed by atoms with E-state index in [9.17, 15) is 28.2 Å². The molecule has 4 rings (SSSR count). The third kappa shape index (κ3) is 2.51. The molecule has 0 atom stereocenters. The van der Waals surface area contributed by atoms with Gasteiger partial charge >= 0.3 is 6.18 Å². The number of nitrogens with one attached hydrogen (secondary N) is 1. The Kier molecular flexibility index (Phi) is 3.85. The Morgan fingerprint density at radius 2 is 1.29 bits per heavy atom. The van der Waals surface area contributed by atoms with Crippen LogP contribution in [0.5, 0.6) is 11.5 Å². The Labute approximate surface area is 157 Å². The first kappa shape index (κ1) is 17.9. The molecule has 4 nitrogen and oxygen atoms in total. The number of aromatic hydroxyl groups is 2. The van der Waals surface area contributed by atoms with E-state index in [0.717, 1.165) is 6.07 Å². The smallest absolute Gasteiger partial charge is 0.418 e. The quantitative estimate of drug-likeness (QED) is 0.612. The molecule has 3 aromatic carbocycles. The number of carbonyl (C=O) groups excluding carboxylic acids is 1. The third-order valence-electron chi connectivity index (χ3n) is 4.95. The summed E-state index contributed by atoms with van der Waals surface area (Å²) in [5, 5.41) is 21.6. The summed E-state index contributed by atoms with van der Waals surface area (Å²) in [6, 6.07) is 15.1. The van der Waals surface area contributed by atoms with Crippen LogP contribution in [0.1, 0.15) is 22.3 Å².